The average Bonchev–Trinajstić information content (AvgIpc) is 2.30. The van der Waals surface area contributed by atoms with Crippen molar-refractivity contribution in [3.05, 3.63) is 0 Å². The molecule has 1 aliphatic rings. The summed E-state index contributed by atoms with van der Waals surface area (Å²) in [7, 11) is 0. The highest BCUT2D eigenvalue weighted by Crippen LogP contribution is 2.25. The van der Waals surface area contributed by atoms with Crippen LogP contribution >= 0.6 is 0 Å². The summed E-state index contributed by atoms with van der Waals surface area (Å²) in [6.07, 6.45) is -0.164. The van der Waals surface area contributed by atoms with Crippen LogP contribution in [0.1, 0.15) is 33.6 Å². The van der Waals surface area contributed by atoms with Gasteiger partial charge >= 0.3 is 0 Å². The second-order valence-corrected chi connectivity index (χ2v) is 3.95. The summed E-state index contributed by atoms with van der Waals surface area (Å²) in [6.45, 7) is 4.97. The number of nitrogens with zero attached hydrogens (tertiary/aromatic N) is 1. The van der Waals surface area contributed by atoms with Gasteiger partial charge in [-0.3, -0.25) is 14.5 Å². The Balaban J connectivity index is 2.92. The van der Waals surface area contributed by atoms with Crippen LogP contribution in [0.4, 0.5) is 0 Å². The Hall–Kier alpha value is -0.900. The standard InChI is InChI=1S/C9H15NO3/c1-6(11)9(2,3)10-7(12)4-5-8(10)13/h6,11H,4-5H2,1-3H3. The van der Waals surface area contributed by atoms with Crippen LogP contribution in [0.3, 0.4) is 0 Å². The number of hydrogen-bond acceptors (Lipinski definition) is 3. The van der Waals surface area contributed by atoms with Crippen molar-refractivity contribution >= 4 is 11.8 Å². The second kappa shape index (κ2) is 3.10. The van der Waals surface area contributed by atoms with Crippen LogP contribution in [0, 0.1) is 0 Å². The average molecular weight is 185 g/mol. The molecule has 74 valence electrons. The van der Waals surface area contributed by atoms with E-state index < -0.39 is 11.6 Å². The molecule has 0 aromatic rings. The van der Waals surface area contributed by atoms with E-state index in [1.165, 1.54) is 4.90 Å². The number of carbonyl (C=O) groups excluding carboxylic acids is 2. The first-order valence-corrected chi connectivity index (χ1v) is 4.41. The van der Waals surface area contributed by atoms with Gasteiger partial charge in [0.15, 0.2) is 0 Å². The molecule has 1 aliphatic heterocycles. The minimum Gasteiger partial charge on any atom is -0.391 e. The van der Waals surface area contributed by atoms with E-state index in [0.29, 0.717) is 0 Å². The Bertz CT molecular complexity index is 229. The number of hydrogen-bond donors (Lipinski definition) is 1. The molecule has 0 aromatic carbocycles. The zero-order valence-electron chi connectivity index (χ0n) is 8.20. The van der Waals surface area contributed by atoms with E-state index in [9.17, 15) is 14.7 Å². The molecule has 0 saturated carbocycles. The van der Waals surface area contributed by atoms with Gasteiger partial charge < -0.3 is 5.11 Å². The van der Waals surface area contributed by atoms with Gasteiger partial charge in [-0.1, -0.05) is 0 Å². The predicted octanol–water partition coefficient (Wildman–Crippen LogP) is 0.295. The fraction of sp³-hybridized carbons (Fsp3) is 0.778. The number of carbonyl (C=O) groups is 2. The molecule has 4 heteroatoms. The van der Waals surface area contributed by atoms with Crippen molar-refractivity contribution in [2.24, 2.45) is 0 Å². The van der Waals surface area contributed by atoms with E-state index >= 15 is 0 Å². The molecule has 0 aromatic heterocycles. The van der Waals surface area contributed by atoms with Gasteiger partial charge in [0.05, 0.1) is 11.6 Å². The zero-order valence-corrected chi connectivity index (χ0v) is 8.20. The minimum absolute atomic E-state index is 0.184. The molecule has 2 amide bonds. The maximum absolute atomic E-state index is 11.3. The number of imide groups is 1. The van der Waals surface area contributed by atoms with Crippen molar-refractivity contribution in [3.8, 4) is 0 Å². The highest BCUT2D eigenvalue weighted by molar-refractivity contribution is 6.02. The van der Waals surface area contributed by atoms with Gasteiger partial charge in [-0.15, -0.1) is 0 Å². The van der Waals surface area contributed by atoms with Gasteiger partial charge in [-0.2, -0.15) is 0 Å². The molecule has 4 nitrogen and oxygen atoms in total. The lowest BCUT2D eigenvalue weighted by atomic mass is 9.96. The number of likely N-dealkylation sites (tertiary alicyclic amines) is 1. The summed E-state index contributed by atoms with van der Waals surface area (Å²) in [4.78, 5) is 23.8. The van der Waals surface area contributed by atoms with E-state index in [0.717, 1.165) is 0 Å². The molecule has 1 rings (SSSR count). The van der Waals surface area contributed by atoms with E-state index in [1.807, 2.05) is 0 Å². The summed E-state index contributed by atoms with van der Waals surface area (Å²) in [5.74, 6) is -0.369. The lowest BCUT2D eigenvalue weighted by molar-refractivity contribution is -0.148. The largest absolute Gasteiger partial charge is 0.391 e. The van der Waals surface area contributed by atoms with Crippen LogP contribution in [0.5, 0.6) is 0 Å². The van der Waals surface area contributed by atoms with Crippen LogP contribution in [0.15, 0.2) is 0 Å². The Morgan fingerprint density at radius 3 is 2.00 bits per heavy atom. The van der Waals surface area contributed by atoms with E-state index in [4.69, 9.17) is 0 Å². The first-order chi connectivity index (χ1) is 5.87. The third kappa shape index (κ3) is 1.58. The molecule has 0 radical (unpaired) electrons. The fourth-order valence-electron chi connectivity index (χ4n) is 1.41. The fourth-order valence-corrected chi connectivity index (χ4v) is 1.41. The molecular weight excluding hydrogens is 170 g/mol. The molecule has 1 atom stereocenters. The van der Waals surface area contributed by atoms with Crippen LogP contribution < -0.4 is 0 Å². The molecule has 1 saturated heterocycles. The number of aliphatic hydroxyl groups is 1. The lowest BCUT2D eigenvalue weighted by Gasteiger charge is -2.36. The Labute approximate surface area is 77.5 Å². The SMILES string of the molecule is CC(O)C(C)(C)N1C(=O)CCC1=O. The monoisotopic (exact) mass is 185 g/mol. The predicted molar refractivity (Wildman–Crippen MR) is 46.8 cm³/mol. The highest BCUT2D eigenvalue weighted by atomic mass is 16.3. The van der Waals surface area contributed by atoms with Crippen LogP contribution in [-0.2, 0) is 9.59 Å². The number of rotatable bonds is 2. The van der Waals surface area contributed by atoms with E-state index in [1.54, 1.807) is 20.8 Å². The lowest BCUT2D eigenvalue weighted by Crippen LogP contribution is -2.53. The van der Waals surface area contributed by atoms with Crippen LogP contribution in [-0.4, -0.2) is 33.5 Å². The van der Waals surface area contributed by atoms with Gasteiger partial charge in [0.25, 0.3) is 0 Å². The summed E-state index contributed by atoms with van der Waals surface area (Å²) in [6, 6.07) is 0. The summed E-state index contributed by atoms with van der Waals surface area (Å²) in [5, 5.41) is 9.43. The Morgan fingerprint density at radius 1 is 1.31 bits per heavy atom. The molecular formula is C9H15NO3. The molecule has 0 bridgehead atoms. The third-order valence-corrected chi connectivity index (χ3v) is 2.65. The molecule has 0 aliphatic carbocycles. The molecule has 1 unspecified atom stereocenters. The maximum Gasteiger partial charge on any atom is 0.230 e. The van der Waals surface area contributed by atoms with Crippen molar-refractivity contribution in [3.63, 3.8) is 0 Å². The summed E-state index contributed by atoms with van der Waals surface area (Å²) in [5.41, 5.74) is -0.787. The number of amides is 2. The van der Waals surface area contributed by atoms with E-state index in [2.05, 4.69) is 0 Å². The highest BCUT2D eigenvalue weighted by Gasteiger charge is 2.42. The third-order valence-electron chi connectivity index (χ3n) is 2.65. The number of aliphatic hydroxyl groups excluding tert-OH is 1. The first-order valence-electron chi connectivity index (χ1n) is 4.41. The van der Waals surface area contributed by atoms with Crippen molar-refractivity contribution in [1.82, 2.24) is 4.90 Å². The van der Waals surface area contributed by atoms with Gasteiger partial charge in [-0.25, -0.2) is 0 Å². The molecule has 0 spiro atoms. The second-order valence-electron chi connectivity index (χ2n) is 3.95. The molecule has 13 heavy (non-hydrogen) atoms. The van der Waals surface area contributed by atoms with Crippen LogP contribution in [0.25, 0.3) is 0 Å². The van der Waals surface area contributed by atoms with E-state index in [-0.39, 0.29) is 24.7 Å². The molecule has 1 N–H and O–H groups in total. The summed E-state index contributed by atoms with van der Waals surface area (Å²) < 4.78 is 0. The normalized spacial score (nSPS) is 21.1. The summed E-state index contributed by atoms with van der Waals surface area (Å²) >= 11 is 0. The smallest absolute Gasteiger partial charge is 0.230 e. The first kappa shape index (κ1) is 10.2. The van der Waals surface area contributed by atoms with Crippen molar-refractivity contribution < 1.29 is 14.7 Å². The van der Waals surface area contributed by atoms with Gasteiger partial charge in [-0.05, 0) is 20.8 Å². The van der Waals surface area contributed by atoms with Gasteiger partial charge in [0.1, 0.15) is 0 Å². The van der Waals surface area contributed by atoms with Crippen molar-refractivity contribution in [2.45, 2.75) is 45.3 Å². The molecule has 1 heterocycles. The zero-order chi connectivity index (χ0) is 10.2. The minimum atomic E-state index is -0.787. The Kier molecular flexibility index (Phi) is 2.43. The van der Waals surface area contributed by atoms with Crippen LogP contribution in [0.2, 0.25) is 0 Å². The van der Waals surface area contributed by atoms with Gasteiger partial charge in [0.2, 0.25) is 11.8 Å². The maximum atomic E-state index is 11.3. The quantitative estimate of drug-likeness (QED) is 0.629. The van der Waals surface area contributed by atoms with Crippen molar-refractivity contribution in [2.75, 3.05) is 0 Å². The Morgan fingerprint density at radius 2 is 1.69 bits per heavy atom. The molecule has 1 fully saturated rings. The van der Waals surface area contributed by atoms with Crippen molar-refractivity contribution in [1.29, 1.82) is 0 Å². The van der Waals surface area contributed by atoms with Gasteiger partial charge in [0, 0.05) is 12.8 Å². The topological polar surface area (TPSA) is 57.6 Å².